The summed E-state index contributed by atoms with van der Waals surface area (Å²) < 4.78 is 22.5. The lowest BCUT2D eigenvalue weighted by atomic mass is 10.2. The standard InChI is InChI=1S/C12H14FNO4/c1-8-4-5-9(6-10(8)13)18-12(16)14(2)7-11(15)17-3/h4-6H,7H2,1-3H3. The number of amides is 1. The van der Waals surface area contributed by atoms with Crippen molar-refractivity contribution in [1.29, 1.82) is 0 Å². The Hall–Kier alpha value is -2.11. The Kier molecular flexibility index (Phi) is 4.65. The number of nitrogens with zero attached hydrogens (tertiary/aromatic N) is 1. The molecular formula is C12H14FNO4. The van der Waals surface area contributed by atoms with Gasteiger partial charge in [0.05, 0.1) is 7.11 Å². The van der Waals surface area contributed by atoms with E-state index >= 15 is 0 Å². The van der Waals surface area contributed by atoms with Crippen LogP contribution in [0.1, 0.15) is 5.56 Å². The first-order chi connectivity index (χ1) is 8.43. The van der Waals surface area contributed by atoms with Crippen LogP contribution in [0.5, 0.6) is 5.75 Å². The van der Waals surface area contributed by atoms with Crippen LogP contribution in [-0.2, 0) is 9.53 Å². The van der Waals surface area contributed by atoms with Crippen molar-refractivity contribution in [3.05, 3.63) is 29.6 Å². The molecule has 0 fully saturated rings. The number of esters is 1. The predicted molar refractivity (Wildman–Crippen MR) is 61.8 cm³/mol. The summed E-state index contributed by atoms with van der Waals surface area (Å²) in [5, 5.41) is 0. The van der Waals surface area contributed by atoms with Gasteiger partial charge in [-0.3, -0.25) is 9.69 Å². The van der Waals surface area contributed by atoms with Gasteiger partial charge in [0.1, 0.15) is 18.1 Å². The number of ether oxygens (including phenoxy) is 2. The molecule has 0 heterocycles. The highest BCUT2D eigenvalue weighted by Gasteiger charge is 2.15. The van der Waals surface area contributed by atoms with Crippen molar-refractivity contribution in [2.24, 2.45) is 0 Å². The van der Waals surface area contributed by atoms with Crippen LogP contribution in [0.25, 0.3) is 0 Å². The SMILES string of the molecule is COC(=O)CN(C)C(=O)Oc1ccc(C)c(F)c1. The molecule has 6 heteroatoms. The molecule has 1 amide bonds. The van der Waals surface area contributed by atoms with Gasteiger partial charge in [-0.1, -0.05) is 6.07 Å². The maximum absolute atomic E-state index is 13.2. The average Bonchev–Trinajstić information content (AvgIpc) is 2.33. The molecule has 1 aromatic rings. The molecule has 5 nitrogen and oxygen atoms in total. The van der Waals surface area contributed by atoms with Crippen LogP contribution in [0.2, 0.25) is 0 Å². The van der Waals surface area contributed by atoms with Crippen molar-refractivity contribution in [3.8, 4) is 5.75 Å². The van der Waals surface area contributed by atoms with E-state index in [1.807, 2.05) is 0 Å². The lowest BCUT2D eigenvalue weighted by molar-refractivity contribution is -0.141. The zero-order chi connectivity index (χ0) is 13.7. The second kappa shape index (κ2) is 6.00. The summed E-state index contributed by atoms with van der Waals surface area (Å²) in [5.41, 5.74) is 0.456. The van der Waals surface area contributed by atoms with Gasteiger partial charge in [0.15, 0.2) is 0 Å². The minimum Gasteiger partial charge on any atom is -0.468 e. The summed E-state index contributed by atoms with van der Waals surface area (Å²) in [6, 6.07) is 4.08. The molecule has 0 unspecified atom stereocenters. The van der Waals surface area contributed by atoms with Gasteiger partial charge in [0.25, 0.3) is 0 Å². The number of benzene rings is 1. The van der Waals surface area contributed by atoms with Crippen molar-refractivity contribution in [1.82, 2.24) is 4.90 Å². The molecular weight excluding hydrogens is 241 g/mol. The van der Waals surface area contributed by atoms with Crippen LogP contribution in [0.3, 0.4) is 0 Å². The van der Waals surface area contributed by atoms with E-state index in [1.165, 1.54) is 26.3 Å². The molecule has 0 aliphatic heterocycles. The first-order valence-corrected chi connectivity index (χ1v) is 5.20. The molecule has 98 valence electrons. The van der Waals surface area contributed by atoms with E-state index < -0.39 is 17.9 Å². The Bertz CT molecular complexity index is 461. The Morgan fingerprint density at radius 2 is 2.06 bits per heavy atom. The van der Waals surface area contributed by atoms with E-state index in [9.17, 15) is 14.0 Å². The number of hydrogen-bond donors (Lipinski definition) is 0. The lowest BCUT2D eigenvalue weighted by Gasteiger charge is -2.15. The molecule has 0 aromatic heterocycles. The van der Waals surface area contributed by atoms with Crippen molar-refractivity contribution in [3.63, 3.8) is 0 Å². The summed E-state index contributed by atoms with van der Waals surface area (Å²) in [7, 11) is 2.60. The Morgan fingerprint density at radius 1 is 1.39 bits per heavy atom. The monoisotopic (exact) mass is 255 g/mol. The average molecular weight is 255 g/mol. The van der Waals surface area contributed by atoms with Crippen LogP contribution >= 0.6 is 0 Å². The van der Waals surface area contributed by atoms with Gasteiger partial charge in [-0.15, -0.1) is 0 Å². The summed E-state index contributed by atoms with van der Waals surface area (Å²) in [4.78, 5) is 23.5. The molecule has 0 radical (unpaired) electrons. The van der Waals surface area contributed by atoms with E-state index in [4.69, 9.17) is 4.74 Å². The maximum atomic E-state index is 13.2. The molecule has 0 aliphatic rings. The Morgan fingerprint density at radius 3 is 2.61 bits per heavy atom. The number of carbonyl (C=O) groups is 2. The van der Waals surface area contributed by atoms with E-state index in [2.05, 4.69) is 4.74 Å². The van der Waals surface area contributed by atoms with Crippen LogP contribution < -0.4 is 4.74 Å². The molecule has 1 aromatic carbocycles. The van der Waals surface area contributed by atoms with Crippen LogP contribution in [-0.4, -0.2) is 37.7 Å². The molecule has 0 spiro atoms. The Balaban J connectivity index is 2.63. The van der Waals surface area contributed by atoms with E-state index in [0.29, 0.717) is 5.56 Å². The highest BCUT2D eigenvalue weighted by atomic mass is 19.1. The van der Waals surface area contributed by atoms with E-state index in [-0.39, 0.29) is 12.3 Å². The summed E-state index contributed by atoms with van der Waals surface area (Å²) in [5.74, 6) is -0.944. The number of rotatable bonds is 3. The zero-order valence-corrected chi connectivity index (χ0v) is 10.4. The van der Waals surface area contributed by atoms with E-state index in [1.54, 1.807) is 6.92 Å². The van der Waals surface area contributed by atoms with Crippen molar-refractivity contribution in [2.45, 2.75) is 6.92 Å². The Labute approximate surface area is 104 Å². The first kappa shape index (κ1) is 14.0. The largest absolute Gasteiger partial charge is 0.468 e. The molecule has 0 saturated carbocycles. The van der Waals surface area contributed by atoms with Crippen molar-refractivity contribution >= 4 is 12.1 Å². The molecule has 0 bridgehead atoms. The predicted octanol–water partition coefficient (Wildman–Crippen LogP) is 1.74. The fraction of sp³-hybridized carbons (Fsp3) is 0.333. The second-order valence-electron chi connectivity index (χ2n) is 3.71. The quantitative estimate of drug-likeness (QED) is 0.772. The second-order valence-corrected chi connectivity index (χ2v) is 3.71. The summed E-state index contributed by atoms with van der Waals surface area (Å²) in [6.07, 6.45) is -0.761. The number of methoxy groups -OCH3 is 1. The lowest BCUT2D eigenvalue weighted by Crippen LogP contribution is -2.34. The van der Waals surface area contributed by atoms with Gasteiger partial charge in [-0.2, -0.15) is 0 Å². The minimum atomic E-state index is -0.761. The van der Waals surface area contributed by atoms with Gasteiger partial charge in [0.2, 0.25) is 0 Å². The van der Waals surface area contributed by atoms with E-state index in [0.717, 1.165) is 11.0 Å². The number of likely N-dealkylation sites (N-methyl/N-ethyl adjacent to an activating group) is 1. The summed E-state index contributed by atoms with van der Waals surface area (Å²) >= 11 is 0. The summed E-state index contributed by atoms with van der Waals surface area (Å²) in [6.45, 7) is 1.37. The van der Waals surface area contributed by atoms with Crippen LogP contribution in [0.4, 0.5) is 9.18 Å². The molecule has 1 rings (SSSR count). The minimum absolute atomic E-state index is 0.0832. The molecule has 0 N–H and O–H groups in total. The molecule has 0 atom stereocenters. The first-order valence-electron chi connectivity index (χ1n) is 5.20. The fourth-order valence-electron chi connectivity index (χ4n) is 1.14. The third-order valence-corrected chi connectivity index (χ3v) is 2.25. The molecule has 0 saturated heterocycles. The molecule has 18 heavy (non-hydrogen) atoms. The number of halogens is 1. The highest BCUT2D eigenvalue weighted by molar-refractivity contribution is 5.78. The van der Waals surface area contributed by atoms with Gasteiger partial charge in [-0.25, -0.2) is 9.18 Å². The van der Waals surface area contributed by atoms with Crippen molar-refractivity contribution < 1.29 is 23.5 Å². The number of carbonyl (C=O) groups excluding carboxylic acids is 2. The fourth-order valence-corrected chi connectivity index (χ4v) is 1.14. The topological polar surface area (TPSA) is 55.8 Å². The maximum Gasteiger partial charge on any atom is 0.415 e. The highest BCUT2D eigenvalue weighted by Crippen LogP contribution is 2.16. The van der Waals surface area contributed by atoms with Crippen molar-refractivity contribution in [2.75, 3.05) is 20.7 Å². The number of hydrogen-bond acceptors (Lipinski definition) is 4. The van der Waals surface area contributed by atoms with Crippen LogP contribution in [0.15, 0.2) is 18.2 Å². The van der Waals surface area contributed by atoms with Gasteiger partial charge >= 0.3 is 12.1 Å². The van der Waals surface area contributed by atoms with Gasteiger partial charge < -0.3 is 9.47 Å². The third-order valence-electron chi connectivity index (χ3n) is 2.25. The smallest absolute Gasteiger partial charge is 0.415 e. The number of aryl methyl sites for hydroxylation is 1. The van der Waals surface area contributed by atoms with Gasteiger partial charge in [0, 0.05) is 13.1 Å². The third kappa shape index (κ3) is 3.73. The molecule has 0 aliphatic carbocycles. The van der Waals surface area contributed by atoms with Crippen LogP contribution in [0, 0.1) is 12.7 Å². The zero-order valence-electron chi connectivity index (χ0n) is 10.4. The normalized spacial score (nSPS) is 9.78. The van der Waals surface area contributed by atoms with Gasteiger partial charge in [-0.05, 0) is 18.6 Å².